The van der Waals surface area contributed by atoms with Crippen LogP contribution in [0.3, 0.4) is 0 Å². The van der Waals surface area contributed by atoms with Gasteiger partial charge >= 0.3 is 5.97 Å². The zero-order chi connectivity index (χ0) is 12.5. The van der Waals surface area contributed by atoms with Crippen LogP contribution >= 0.6 is 0 Å². The number of esters is 1. The fourth-order valence-corrected chi connectivity index (χ4v) is 2.13. The maximum absolute atomic E-state index is 12.0. The van der Waals surface area contributed by atoms with Crippen LogP contribution in [0, 0.1) is 5.92 Å². The molecule has 0 aromatic heterocycles. The van der Waals surface area contributed by atoms with Gasteiger partial charge in [-0.05, 0) is 24.5 Å². The number of aliphatic imine (C=N–C) groups is 1. The van der Waals surface area contributed by atoms with Crippen LogP contribution < -0.4 is 0 Å². The summed E-state index contributed by atoms with van der Waals surface area (Å²) in [7, 11) is 0. The van der Waals surface area contributed by atoms with Crippen molar-refractivity contribution in [2.24, 2.45) is 10.9 Å². The van der Waals surface area contributed by atoms with E-state index in [0.29, 0.717) is 12.3 Å². The van der Waals surface area contributed by atoms with Crippen molar-refractivity contribution in [3.8, 4) is 0 Å². The van der Waals surface area contributed by atoms with E-state index in [0.717, 1.165) is 5.56 Å². The first kappa shape index (κ1) is 11.8. The fraction of sp³-hybridized carbons (Fsp3) is 0.429. The number of ether oxygens (including phenoxy) is 1. The average molecular weight is 231 g/mol. The summed E-state index contributed by atoms with van der Waals surface area (Å²) >= 11 is 0. The smallest absolute Gasteiger partial charge is 0.341 e. The Balaban J connectivity index is 2.41. The van der Waals surface area contributed by atoms with Gasteiger partial charge in [0, 0.05) is 5.56 Å². The molecule has 1 aromatic carbocycles. The fourth-order valence-electron chi connectivity index (χ4n) is 2.13. The molecule has 90 valence electrons. The van der Waals surface area contributed by atoms with E-state index in [4.69, 9.17) is 4.74 Å². The average Bonchev–Trinajstić information content (AvgIpc) is 2.69. The highest BCUT2D eigenvalue weighted by Crippen LogP contribution is 2.33. The van der Waals surface area contributed by atoms with Crippen molar-refractivity contribution in [1.29, 1.82) is 0 Å². The molecule has 1 heterocycles. The topological polar surface area (TPSA) is 38.7 Å². The van der Waals surface area contributed by atoms with E-state index in [9.17, 15) is 4.79 Å². The summed E-state index contributed by atoms with van der Waals surface area (Å²) in [5.41, 5.74) is 0.155. The quantitative estimate of drug-likeness (QED) is 0.750. The van der Waals surface area contributed by atoms with Crippen molar-refractivity contribution in [1.82, 2.24) is 0 Å². The number of rotatable bonds is 3. The van der Waals surface area contributed by atoms with Crippen molar-refractivity contribution >= 4 is 11.9 Å². The summed E-state index contributed by atoms with van der Waals surface area (Å²) in [5.74, 6) is 0.362. The Bertz CT molecular complexity index is 451. The third-order valence-electron chi connectivity index (χ3n) is 3.36. The van der Waals surface area contributed by atoms with Crippen LogP contribution in [0.4, 0.5) is 0 Å². The van der Waals surface area contributed by atoms with Crippen molar-refractivity contribution < 1.29 is 9.53 Å². The second kappa shape index (κ2) is 4.32. The molecule has 0 saturated carbocycles. The molecule has 1 aliphatic heterocycles. The molecule has 3 nitrogen and oxygen atoms in total. The van der Waals surface area contributed by atoms with Crippen LogP contribution in [-0.2, 0) is 9.53 Å². The molecule has 1 atom stereocenters. The maximum Gasteiger partial charge on any atom is 0.341 e. The van der Waals surface area contributed by atoms with Crippen LogP contribution in [0.25, 0.3) is 0 Å². The highest BCUT2D eigenvalue weighted by molar-refractivity contribution is 6.08. The predicted octanol–water partition coefficient (Wildman–Crippen LogP) is 2.79. The molecule has 0 aliphatic carbocycles. The van der Waals surface area contributed by atoms with Gasteiger partial charge in [0.2, 0.25) is 5.90 Å². The van der Waals surface area contributed by atoms with Crippen LogP contribution in [0.15, 0.2) is 35.3 Å². The minimum atomic E-state index is -0.703. The van der Waals surface area contributed by atoms with Gasteiger partial charge < -0.3 is 4.74 Å². The molecule has 1 aliphatic rings. The zero-order valence-corrected chi connectivity index (χ0v) is 10.4. The van der Waals surface area contributed by atoms with E-state index in [1.165, 1.54) is 0 Å². The standard InChI is InChI=1S/C14H17NO2/c1-4-14(10(2)3)13(16)17-12(15-14)11-8-6-5-7-9-11/h5-10H,4H2,1-3H3. The molecule has 0 saturated heterocycles. The lowest BCUT2D eigenvalue weighted by molar-refractivity contribution is -0.140. The van der Waals surface area contributed by atoms with Crippen molar-refractivity contribution in [3.63, 3.8) is 0 Å². The first-order valence-electron chi connectivity index (χ1n) is 5.97. The Labute approximate surface area is 102 Å². The first-order chi connectivity index (χ1) is 8.10. The lowest BCUT2D eigenvalue weighted by atomic mass is 9.85. The van der Waals surface area contributed by atoms with Gasteiger partial charge in [-0.15, -0.1) is 0 Å². The number of hydrogen-bond donors (Lipinski definition) is 0. The number of cyclic esters (lactones) is 1. The summed E-state index contributed by atoms with van der Waals surface area (Å²) in [4.78, 5) is 16.5. The predicted molar refractivity (Wildman–Crippen MR) is 66.9 cm³/mol. The van der Waals surface area contributed by atoms with Crippen molar-refractivity contribution in [2.75, 3.05) is 0 Å². The Morgan fingerprint density at radius 3 is 2.41 bits per heavy atom. The molecule has 0 N–H and O–H groups in total. The van der Waals surface area contributed by atoms with Crippen molar-refractivity contribution in [3.05, 3.63) is 35.9 Å². The van der Waals surface area contributed by atoms with E-state index >= 15 is 0 Å². The lowest BCUT2D eigenvalue weighted by Gasteiger charge is -2.23. The van der Waals surface area contributed by atoms with E-state index in [1.807, 2.05) is 51.1 Å². The molecule has 0 fully saturated rings. The number of benzene rings is 1. The highest BCUT2D eigenvalue weighted by atomic mass is 16.6. The van der Waals surface area contributed by atoms with Gasteiger partial charge in [-0.25, -0.2) is 9.79 Å². The Kier molecular flexibility index (Phi) is 3.01. The minimum Gasteiger partial charge on any atom is -0.405 e. The Hall–Kier alpha value is -1.64. The van der Waals surface area contributed by atoms with Crippen LogP contribution in [-0.4, -0.2) is 17.4 Å². The summed E-state index contributed by atoms with van der Waals surface area (Å²) < 4.78 is 5.33. The molecule has 1 aromatic rings. The molecule has 3 heteroatoms. The lowest BCUT2D eigenvalue weighted by Crippen LogP contribution is -2.38. The number of nitrogens with zero attached hydrogens (tertiary/aromatic N) is 1. The second-order valence-corrected chi connectivity index (χ2v) is 4.61. The molecule has 0 amide bonds. The SMILES string of the molecule is CCC1(C(C)C)N=C(c2ccccc2)OC1=O. The van der Waals surface area contributed by atoms with E-state index in [2.05, 4.69) is 4.99 Å². The molecular weight excluding hydrogens is 214 g/mol. The highest BCUT2D eigenvalue weighted by Gasteiger charge is 2.47. The van der Waals surface area contributed by atoms with Crippen LogP contribution in [0.5, 0.6) is 0 Å². The number of carbonyl (C=O) groups is 1. The van der Waals surface area contributed by atoms with E-state index in [-0.39, 0.29) is 11.9 Å². The number of carbonyl (C=O) groups excluding carboxylic acids is 1. The van der Waals surface area contributed by atoms with Gasteiger partial charge in [0.1, 0.15) is 0 Å². The zero-order valence-electron chi connectivity index (χ0n) is 10.4. The van der Waals surface area contributed by atoms with Gasteiger partial charge in [0.05, 0.1) is 0 Å². The molecule has 17 heavy (non-hydrogen) atoms. The summed E-state index contributed by atoms with van der Waals surface area (Å²) in [6, 6.07) is 9.55. The molecular formula is C14H17NO2. The largest absolute Gasteiger partial charge is 0.405 e. The maximum atomic E-state index is 12.0. The van der Waals surface area contributed by atoms with Gasteiger partial charge in [0.15, 0.2) is 5.54 Å². The minimum absolute atomic E-state index is 0.140. The Morgan fingerprint density at radius 1 is 1.29 bits per heavy atom. The Morgan fingerprint density at radius 2 is 1.94 bits per heavy atom. The summed E-state index contributed by atoms with van der Waals surface area (Å²) in [5, 5.41) is 0. The molecule has 0 spiro atoms. The van der Waals surface area contributed by atoms with Crippen molar-refractivity contribution in [2.45, 2.75) is 32.7 Å². The summed E-state index contributed by atoms with van der Waals surface area (Å²) in [6.07, 6.45) is 0.667. The summed E-state index contributed by atoms with van der Waals surface area (Å²) in [6.45, 7) is 5.98. The van der Waals surface area contributed by atoms with Crippen LogP contribution in [0.1, 0.15) is 32.8 Å². The van der Waals surface area contributed by atoms with Gasteiger partial charge in [-0.3, -0.25) is 0 Å². The van der Waals surface area contributed by atoms with Gasteiger partial charge in [-0.1, -0.05) is 39.0 Å². The normalized spacial score (nSPS) is 23.8. The van der Waals surface area contributed by atoms with E-state index < -0.39 is 5.54 Å². The first-order valence-corrected chi connectivity index (χ1v) is 5.97. The number of hydrogen-bond acceptors (Lipinski definition) is 3. The van der Waals surface area contributed by atoms with E-state index in [1.54, 1.807) is 0 Å². The third kappa shape index (κ3) is 1.86. The molecule has 0 radical (unpaired) electrons. The van der Waals surface area contributed by atoms with Crippen LogP contribution in [0.2, 0.25) is 0 Å². The third-order valence-corrected chi connectivity index (χ3v) is 3.36. The molecule has 1 unspecified atom stereocenters. The molecule has 2 rings (SSSR count). The second-order valence-electron chi connectivity index (χ2n) is 4.61. The van der Waals surface area contributed by atoms with Gasteiger partial charge in [0.25, 0.3) is 0 Å². The monoisotopic (exact) mass is 231 g/mol. The van der Waals surface area contributed by atoms with Gasteiger partial charge in [-0.2, -0.15) is 0 Å². The molecule has 0 bridgehead atoms.